The summed E-state index contributed by atoms with van der Waals surface area (Å²) in [6, 6.07) is -0.397. The van der Waals surface area contributed by atoms with Gasteiger partial charge in [-0.1, -0.05) is 6.92 Å². The molecule has 0 aliphatic carbocycles. The number of nitrogens with one attached hydrogen (secondary N) is 1. The lowest BCUT2D eigenvalue weighted by atomic mass is 10.2. The third-order valence-electron chi connectivity index (χ3n) is 3.48. The van der Waals surface area contributed by atoms with Crippen LogP contribution >= 0.6 is 0 Å². The minimum Gasteiger partial charge on any atom is -0.480 e. The maximum Gasteiger partial charge on any atom is 0.320 e. The van der Waals surface area contributed by atoms with E-state index in [4.69, 9.17) is 5.11 Å². The van der Waals surface area contributed by atoms with Gasteiger partial charge in [-0.3, -0.25) is 4.79 Å². The fraction of sp³-hybridized carbons (Fsp3) is 0.923. The van der Waals surface area contributed by atoms with Crippen molar-refractivity contribution < 1.29 is 9.90 Å². The van der Waals surface area contributed by atoms with E-state index in [0.29, 0.717) is 6.42 Å². The number of rotatable bonds is 7. The Hall–Kier alpha value is -0.650. The van der Waals surface area contributed by atoms with Gasteiger partial charge in [0.2, 0.25) is 0 Å². The first-order chi connectivity index (χ1) is 8.63. The second kappa shape index (κ2) is 8.45. The number of aliphatic carboxylic acids is 1. The van der Waals surface area contributed by atoms with Crippen molar-refractivity contribution in [1.82, 2.24) is 15.1 Å². The molecule has 1 fully saturated rings. The van der Waals surface area contributed by atoms with E-state index in [1.165, 1.54) is 6.42 Å². The highest BCUT2D eigenvalue weighted by molar-refractivity contribution is 5.73. The molecule has 1 unspecified atom stereocenters. The van der Waals surface area contributed by atoms with Crippen LogP contribution in [0, 0.1) is 0 Å². The molecular weight excluding hydrogens is 230 g/mol. The van der Waals surface area contributed by atoms with Gasteiger partial charge < -0.3 is 20.2 Å². The van der Waals surface area contributed by atoms with E-state index < -0.39 is 12.0 Å². The summed E-state index contributed by atoms with van der Waals surface area (Å²) in [6.45, 7) is 8.08. The van der Waals surface area contributed by atoms with Gasteiger partial charge in [0.25, 0.3) is 0 Å². The Bertz CT molecular complexity index is 248. The van der Waals surface area contributed by atoms with E-state index in [0.717, 1.165) is 45.7 Å². The van der Waals surface area contributed by atoms with Crippen LogP contribution in [0.4, 0.5) is 0 Å². The third-order valence-corrected chi connectivity index (χ3v) is 3.48. The van der Waals surface area contributed by atoms with Crippen molar-refractivity contribution in [3.05, 3.63) is 0 Å². The Morgan fingerprint density at radius 1 is 1.33 bits per heavy atom. The van der Waals surface area contributed by atoms with E-state index in [1.54, 1.807) is 0 Å². The van der Waals surface area contributed by atoms with Crippen molar-refractivity contribution in [3.8, 4) is 0 Å². The van der Waals surface area contributed by atoms with Crippen LogP contribution in [0.15, 0.2) is 0 Å². The van der Waals surface area contributed by atoms with Crippen LogP contribution in [0.3, 0.4) is 0 Å². The summed E-state index contributed by atoms with van der Waals surface area (Å²) in [5.74, 6) is -0.726. The maximum atomic E-state index is 11.1. The van der Waals surface area contributed by atoms with Crippen LogP contribution in [0.5, 0.6) is 0 Å². The van der Waals surface area contributed by atoms with Crippen LogP contribution in [0.1, 0.15) is 26.2 Å². The van der Waals surface area contributed by atoms with Crippen LogP contribution in [0.25, 0.3) is 0 Å². The molecule has 0 radical (unpaired) electrons. The van der Waals surface area contributed by atoms with Gasteiger partial charge >= 0.3 is 5.97 Å². The Labute approximate surface area is 110 Å². The number of hydrogen-bond donors (Lipinski definition) is 2. The zero-order valence-electron chi connectivity index (χ0n) is 11.7. The minimum atomic E-state index is -0.726. The molecule has 1 aliphatic rings. The van der Waals surface area contributed by atoms with E-state index in [1.807, 2.05) is 0 Å². The molecule has 5 heteroatoms. The van der Waals surface area contributed by atoms with E-state index in [-0.39, 0.29) is 0 Å². The Morgan fingerprint density at radius 3 is 2.78 bits per heavy atom. The monoisotopic (exact) mass is 257 g/mol. The fourth-order valence-electron chi connectivity index (χ4n) is 2.27. The lowest BCUT2D eigenvalue weighted by Crippen LogP contribution is -2.41. The Morgan fingerprint density at radius 2 is 2.11 bits per heavy atom. The SMILES string of the molecule is CCCNC(CCN1CCCN(C)CC1)C(=O)O. The Balaban J connectivity index is 2.29. The smallest absolute Gasteiger partial charge is 0.320 e. The first-order valence-corrected chi connectivity index (χ1v) is 7.00. The topological polar surface area (TPSA) is 55.8 Å². The molecule has 2 N–H and O–H groups in total. The molecule has 18 heavy (non-hydrogen) atoms. The molecule has 1 heterocycles. The molecule has 1 rings (SSSR count). The first-order valence-electron chi connectivity index (χ1n) is 7.00. The average molecular weight is 257 g/mol. The molecule has 0 spiro atoms. The number of nitrogens with zero attached hydrogens (tertiary/aromatic N) is 2. The van der Waals surface area contributed by atoms with Crippen molar-refractivity contribution in [2.45, 2.75) is 32.2 Å². The highest BCUT2D eigenvalue weighted by Crippen LogP contribution is 2.03. The number of carboxylic acid groups (broad SMARTS) is 1. The standard InChI is InChI=1S/C13H27N3O2/c1-3-6-14-12(13(17)18)5-9-16-8-4-7-15(2)10-11-16/h12,14H,3-11H2,1-2H3,(H,17,18). The van der Waals surface area contributed by atoms with Gasteiger partial charge in [0.05, 0.1) is 0 Å². The number of carboxylic acids is 1. The van der Waals surface area contributed by atoms with Gasteiger partial charge in [-0.05, 0) is 45.9 Å². The van der Waals surface area contributed by atoms with Crippen LogP contribution in [-0.2, 0) is 4.79 Å². The molecule has 0 amide bonds. The largest absolute Gasteiger partial charge is 0.480 e. The lowest BCUT2D eigenvalue weighted by Gasteiger charge is -2.22. The molecule has 1 saturated heterocycles. The average Bonchev–Trinajstić information content (AvgIpc) is 2.54. The number of carbonyl (C=O) groups is 1. The summed E-state index contributed by atoms with van der Waals surface area (Å²) in [5, 5.41) is 12.2. The lowest BCUT2D eigenvalue weighted by molar-refractivity contribution is -0.139. The zero-order chi connectivity index (χ0) is 13.4. The van der Waals surface area contributed by atoms with Gasteiger partial charge in [0, 0.05) is 19.6 Å². The molecule has 0 aromatic carbocycles. The van der Waals surface area contributed by atoms with E-state index in [2.05, 4.69) is 29.1 Å². The molecule has 0 saturated carbocycles. The zero-order valence-corrected chi connectivity index (χ0v) is 11.7. The predicted octanol–water partition coefficient (Wildman–Crippen LogP) is 0.467. The summed E-state index contributed by atoms with van der Waals surface area (Å²) < 4.78 is 0. The van der Waals surface area contributed by atoms with Crippen molar-refractivity contribution in [1.29, 1.82) is 0 Å². The summed E-state index contributed by atoms with van der Waals surface area (Å²) in [7, 11) is 2.15. The first kappa shape index (κ1) is 15.4. The second-order valence-electron chi connectivity index (χ2n) is 5.13. The van der Waals surface area contributed by atoms with Crippen LogP contribution in [-0.4, -0.2) is 73.2 Å². The molecule has 106 valence electrons. The second-order valence-corrected chi connectivity index (χ2v) is 5.13. The highest BCUT2D eigenvalue weighted by Gasteiger charge is 2.18. The number of hydrogen-bond acceptors (Lipinski definition) is 4. The molecule has 1 atom stereocenters. The van der Waals surface area contributed by atoms with Gasteiger partial charge in [-0.15, -0.1) is 0 Å². The molecular formula is C13H27N3O2. The minimum absolute atomic E-state index is 0.397. The normalized spacial score (nSPS) is 20.6. The van der Waals surface area contributed by atoms with Gasteiger partial charge in [0.15, 0.2) is 0 Å². The van der Waals surface area contributed by atoms with Gasteiger partial charge in [-0.2, -0.15) is 0 Å². The summed E-state index contributed by atoms with van der Waals surface area (Å²) in [6.07, 6.45) is 2.84. The summed E-state index contributed by atoms with van der Waals surface area (Å²) in [5.41, 5.74) is 0. The van der Waals surface area contributed by atoms with E-state index >= 15 is 0 Å². The molecule has 0 bridgehead atoms. The predicted molar refractivity (Wildman–Crippen MR) is 72.9 cm³/mol. The van der Waals surface area contributed by atoms with Crippen LogP contribution < -0.4 is 5.32 Å². The van der Waals surface area contributed by atoms with Crippen molar-refractivity contribution in [3.63, 3.8) is 0 Å². The molecule has 5 nitrogen and oxygen atoms in total. The summed E-state index contributed by atoms with van der Waals surface area (Å²) in [4.78, 5) is 15.8. The quantitative estimate of drug-likeness (QED) is 0.694. The van der Waals surface area contributed by atoms with Crippen LogP contribution in [0.2, 0.25) is 0 Å². The molecule has 1 aliphatic heterocycles. The maximum absolute atomic E-state index is 11.1. The number of likely N-dealkylation sites (N-methyl/N-ethyl adjacent to an activating group) is 1. The fourth-order valence-corrected chi connectivity index (χ4v) is 2.27. The van der Waals surface area contributed by atoms with E-state index in [9.17, 15) is 4.79 Å². The van der Waals surface area contributed by atoms with Gasteiger partial charge in [-0.25, -0.2) is 0 Å². The van der Waals surface area contributed by atoms with Crippen molar-refractivity contribution in [2.24, 2.45) is 0 Å². The van der Waals surface area contributed by atoms with Gasteiger partial charge in [0.1, 0.15) is 6.04 Å². The highest BCUT2D eigenvalue weighted by atomic mass is 16.4. The third kappa shape index (κ3) is 5.80. The Kier molecular flexibility index (Phi) is 7.23. The van der Waals surface area contributed by atoms with Crippen molar-refractivity contribution >= 4 is 5.97 Å². The van der Waals surface area contributed by atoms with Crippen molar-refractivity contribution in [2.75, 3.05) is 46.3 Å². The summed E-state index contributed by atoms with van der Waals surface area (Å²) >= 11 is 0. The molecule has 0 aromatic rings. The molecule has 0 aromatic heterocycles.